The molecule has 2 atom stereocenters. The third-order valence-corrected chi connectivity index (χ3v) is 6.32. The van der Waals surface area contributed by atoms with E-state index in [-0.39, 0.29) is 5.82 Å². The lowest BCUT2D eigenvalue weighted by Gasteiger charge is -2.43. The summed E-state index contributed by atoms with van der Waals surface area (Å²) in [5.41, 5.74) is 5.29. The Hall–Kier alpha value is -1.52. The number of hydrogen-bond donors (Lipinski definition) is 0. The standard InChI is InChI=1S/C19H23ClFN3/c1-10-8-24-13(9-22(10)4)6-14-12(3)23(5)19-15(18(14)24)7-16(20)11(2)17(19)21/h7,10,13H,3,6,8-9H2,1-2,4-5H3. The molecule has 128 valence electrons. The summed E-state index contributed by atoms with van der Waals surface area (Å²) in [5.74, 6) is -0.238. The highest BCUT2D eigenvalue weighted by atomic mass is 35.5. The average molecular weight is 348 g/mol. The highest BCUT2D eigenvalue weighted by Gasteiger charge is 2.43. The molecule has 3 aliphatic rings. The molecule has 0 saturated carbocycles. The van der Waals surface area contributed by atoms with Crippen molar-refractivity contribution < 1.29 is 4.39 Å². The van der Waals surface area contributed by atoms with E-state index in [0.29, 0.717) is 28.4 Å². The van der Waals surface area contributed by atoms with Crippen LogP contribution in [0.2, 0.25) is 5.02 Å². The molecule has 0 aliphatic carbocycles. The SMILES string of the molecule is C=C1C2=C(c3cc(Cl)c(C)c(F)c3N1C)N1CC(C)N(C)CC1C2. The second-order valence-corrected chi connectivity index (χ2v) is 7.73. The van der Waals surface area contributed by atoms with E-state index in [1.54, 1.807) is 6.92 Å². The first-order valence-electron chi connectivity index (χ1n) is 8.43. The largest absolute Gasteiger partial charge is 0.365 e. The summed E-state index contributed by atoms with van der Waals surface area (Å²) in [4.78, 5) is 6.73. The van der Waals surface area contributed by atoms with Crippen LogP contribution in [-0.2, 0) is 0 Å². The van der Waals surface area contributed by atoms with Crippen LogP contribution < -0.4 is 4.90 Å². The zero-order valence-electron chi connectivity index (χ0n) is 14.7. The molecule has 3 aliphatic heterocycles. The molecule has 24 heavy (non-hydrogen) atoms. The lowest BCUT2D eigenvalue weighted by atomic mass is 9.95. The van der Waals surface area contributed by atoms with Crippen LogP contribution in [-0.4, -0.2) is 49.1 Å². The maximum atomic E-state index is 15.0. The van der Waals surface area contributed by atoms with Crippen molar-refractivity contribution in [3.05, 3.63) is 45.9 Å². The molecule has 5 heteroatoms. The number of likely N-dealkylation sites (N-methyl/N-ethyl adjacent to an activating group) is 2. The van der Waals surface area contributed by atoms with E-state index >= 15 is 0 Å². The van der Waals surface area contributed by atoms with Crippen LogP contribution >= 0.6 is 11.6 Å². The topological polar surface area (TPSA) is 9.72 Å². The number of piperazine rings is 1. The summed E-state index contributed by atoms with van der Waals surface area (Å²) >= 11 is 6.32. The molecular formula is C19H23ClFN3. The van der Waals surface area contributed by atoms with Gasteiger partial charge in [-0.2, -0.15) is 0 Å². The molecule has 0 bridgehead atoms. The van der Waals surface area contributed by atoms with Crippen LogP contribution in [0.1, 0.15) is 24.5 Å². The molecule has 4 rings (SSSR count). The number of fused-ring (bicyclic) bond motifs is 4. The van der Waals surface area contributed by atoms with Gasteiger partial charge in [0.15, 0.2) is 5.82 Å². The van der Waals surface area contributed by atoms with Crippen LogP contribution in [0.5, 0.6) is 0 Å². The Bertz CT molecular complexity index is 785. The third-order valence-electron chi connectivity index (χ3n) is 5.93. The van der Waals surface area contributed by atoms with Crippen molar-refractivity contribution in [1.29, 1.82) is 0 Å². The number of rotatable bonds is 0. The maximum absolute atomic E-state index is 15.0. The van der Waals surface area contributed by atoms with Gasteiger partial charge in [0.1, 0.15) is 0 Å². The summed E-state index contributed by atoms with van der Waals surface area (Å²) in [7, 11) is 4.07. The zero-order chi connectivity index (χ0) is 17.3. The van der Waals surface area contributed by atoms with Crippen LogP contribution in [0.15, 0.2) is 23.9 Å². The smallest absolute Gasteiger partial charge is 0.151 e. The zero-order valence-corrected chi connectivity index (χ0v) is 15.4. The first-order chi connectivity index (χ1) is 11.3. The second-order valence-electron chi connectivity index (χ2n) is 7.33. The Morgan fingerprint density at radius 1 is 1.29 bits per heavy atom. The van der Waals surface area contributed by atoms with Crippen molar-refractivity contribution in [1.82, 2.24) is 9.80 Å². The van der Waals surface area contributed by atoms with Crippen molar-refractivity contribution in [2.75, 3.05) is 32.1 Å². The molecule has 3 nitrogen and oxygen atoms in total. The van der Waals surface area contributed by atoms with Crippen LogP contribution in [0.25, 0.3) is 5.70 Å². The highest BCUT2D eigenvalue weighted by molar-refractivity contribution is 6.31. The lowest BCUT2D eigenvalue weighted by molar-refractivity contribution is 0.104. The summed E-state index contributed by atoms with van der Waals surface area (Å²) in [5, 5.41) is 0.490. The van der Waals surface area contributed by atoms with E-state index in [4.69, 9.17) is 11.6 Å². The van der Waals surface area contributed by atoms with Gasteiger partial charge in [-0.3, -0.25) is 4.90 Å². The van der Waals surface area contributed by atoms with Gasteiger partial charge in [-0.1, -0.05) is 18.2 Å². The van der Waals surface area contributed by atoms with E-state index in [2.05, 4.69) is 30.4 Å². The number of halogens is 2. The molecule has 1 fully saturated rings. The number of anilines is 1. The summed E-state index contributed by atoms with van der Waals surface area (Å²) in [6.07, 6.45) is 0.960. The van der Waals surface area contributed by atoms with Gasteiger partial charge in [-0.25, -0.2) is 4.39 Å². The van der Waals surface area contributed by atoms with Crippen molar-refractivity contribution in [2.24, 2.45) is 0 Å². The Labute approximate surface area is 148 Å². The predicted molar refractivity (Wildman–Crippen MR) is 97.8 cm³/mol. The first kappa shape index (κ1) is 16.0. The van der Waals surface area contributed by atoms with Gasteiger partial charge >= 0.3 is 0 Å². The summed E-state index contributed by atoms with van der Waals surface area (Å²) in [6, 6.07) is 2.82. The second kappa shape index (κ2) is 5.24. The molecule has 2 unspecified atom stereocenters. The van der Waals surface area contributed by atoms with Crippen molar-refractivity contribution in [3.63, 3.8) is 0 Å². The molecule has 0 radical (unpaired) electrons. The quantitative estimate of drug-likeness (QED) is 0.705. The minimum atomic E-state index is -0.238. The predicted octanol–water partition coefficient (Wildman–Crippen LogP) is 3.87. The summed E-state index contributed by atoms with van der Waals surface area (Å²) < 4.78 is 15.0. The Balaban J connectivity index is 1.91. The first-order valence-corrected chi connectivity index (χ1v) is 8.81. The number of allylic oxidation sites excluding steroid dienone is 1. The molecule has 1 aromatic carbocycles. The molecule has 0 amide bonds. The average Bonchev–Trinajstić information content (AvgIpc) is 2.89. The van der Waals surface area contributed by atoms with Gasteiger partial charge in [0.25, 0.3) is 0 Å². The molecule has 1 aromatic rings. The Kier molecular flexibility index (Phi) is 3.49. The fourth-order valence-electron chi connectivity index (χ4n) is 4.26. The summed E-state index contributed by atoms with van der Waals surface area (Å²) in [6.45, 7) is 10.2. The molecule has 1 saturated heterocycles. The fourth-order valence-corrected chi connectivity index (χ4v) is 4.45. The molecular weight excluding hydrogens is 325 g/mol. The maximum Gasteiger partial charge on any atom is 0.151 e. The fraction of sp³-hybridized carbons (Fsp3) is 0.474. The van der Waals surface area contributed by atoms with E-state index in [1.165, 1.54) is 5.57 Å². The highest BCUT2D eigenvalue weighted by Crippen LogP contribution is 2.50. The normalized spacial score (nSPS) is 26.7. The monoisotopic (exact) mass is 347 g/mol. The van der Waals surface area contributed by atoms with Gasteiger partial charge < -0.3 is 9.80 Å². The molecule has 0 spiro atoms. The van der Waals surface area contributed by atoms with Gasteiger partial charge in [-0.15, -0.1) is 0 Å². The number of benzene rings is 1. The molecule has 0 aromatic heterocycles. The molecule has 3 heterocycles. The van der Waals surface area contributed by atoms with Crippen molar-refractivity contribution >= 4 is 23.0 Å². The Morgan fingerprint density at radius 2 is 2.00 bits per heavy atom. The van der Waals surface area contributed by atoms with E-state index in [1.807, 2.05) is 18.0 Å². The third kappa shape index (κ3) is 1.99. The van der Waals surface area contributed by atoms with E-state index < -0.39 is 0 Å². The lowest BCUT2D eigenvalue weighted by Crippen LogP contribution is -2.53. The van der Waals surface area contributed by atoms with Crippen LogP contribution in [0.3, 0.4) is 0 Å². The minimum absolute atomic E-state index is 0.238. The van der Waals surface area contributed by atoms with Crippen molar-refractivity contribution in [3.8, 4) is 0 Å². The van der Waals surface area contributed by atoms with Crippen LogP contribution in [0, 0.1) is 12.7 Å². The van der Waals surface area contributed by atoms with E-state index in [0.717, 1.165) is 36.5 Å². The van der Waals surface area contributed by atoms with Crippen LogP contribution in [0.4, 0.5) is 10.1 Å². The Morgan fingerprint density at radius 3 is 2.71 bits per heavy atom. The van der Waals surface area contributed by atoms with Gasteiger partial charge in [0.2, 0.25) is 0 Å². The van der Waals surface area contributed by atoms with E-state index in [9.17, 15) is 4.39 Å². The minimum Gasteiger partial charge on any atom is -0.365 e. The van der Waals surface area contributed by atoms with Gasteiger partial charge in [0, 0.05) is 59.6 Å². The number of nitrogens with zero attached hydrogens (tertiary/aromatic N) is 3. The van der Waals surface area contributed by atoms with Gasteiger partial charge in [-0.05, 0) is 33.4 Å². The van der Waals surface area contributed by atoms with Gasteiger partial charge in [0.05, 0.1) is 11.4 Å². The molecule has 0 N–H and O–H groups in total. The number of hydrogen-bond acceptors (Lipinski definition) is 3. The van der Waals surface area contributed by atoms with Crippen molar-refractivity contribution in [2.45, 2.75) is 32.4 Å².